The molecular weight excluding hydrogens is 415 g/mol. The molecule has 7 nitrogen and oxygen atoms in total. The smallest absolute Gasteiger partial charge is 0.405 e. The molecule has 2 aliphatic rings. The lowest BCUT2D eigenvalue weighted by Crippen LogP contribution is -2.43. The standard InChI is InChI=1S/C21H18F3N3O4/c22-21(23,24)31-16-8-4-2-6-14(16)11-25-17(28)12-27-18(29)20(26-19(27)30)10-9-13-5-1-3-7-15(13)20/h1-8H,9-12H2,(H,25,28)(H,26,30). The zero-order valence-corrected chi connectivity index (χ0v) is 16.2. The summed E-state index contributed by atoms with van der Waals surface area (Å²) in [7, 11) is 0. The highest BCUT2D eigenvalue weighted by Gasteiger charge is 2.55. The van der Waals surface area contributed by atoms with Crippen LogP contribution in [0.5, 0.6) is 5.75 Å². The molecule has 1 aliphatic heterocycles. The highest BCUT2D eigenvalue weighted by Crippen LogP contribution is 2.41. The third-order valence-corrected chi connectivity index (χ3v) is 5.40. The molecule has 1 heterocycles. The number of benzene rings is 2. The summed E-state index contributed by atoms with van der Waals surface area (Å²) in [5.74, 6) is -1.64. The van der Waals surface area contributed by atoms with Crippen molar-refractivity contribution in [2.24, 2.45) is 0 Å². The van der Waals surface area contributed by atoms with Gasteiger partial charge in [0.1, 0.15) is 17.8 Å². The first-order chi connectivity index (χ1) is 14.7. The number of hydrogen-bond acceptors (Lipinski definition) is 4. The first-order valence-corrected chi connectivity index (χ1v) is 9.52. The van der Waals surface area contributed by atoms with E-state index in [1.54, 1.807) is 12.1 Å². The number of imide groups is 1. The van der Waals surface area contributed by atoms with E-state index in [9.17, 15) is 27.6 Å². The Kier molecular flexibility index (Phi) is 5.08. The minimum atomic E-state index is -4.87. The Hall–Kier alpha value is -3.56. The number of carbonyl (C=O) groups is 3. The predicted octanol–water partition coefficient (Wildman–Crippen LogP) is 2.59. The molecule has 1 atom stereocenters. The number of amides is 4. The molecule has 1 unspecified atom stereocenters. The number of nitrogens with zero attached hydrogens (tertiary/aromatic N) is 1. The van der Waals surface area contributed by atoms with Gasteiger partial charge < -0.3 is 15.4 Å². The van der Waals surface area contributed by atoms with Crippen LogP contribution in [0.25, 0.3) is 0 Å². The maximum Gasteiger partial charge on any atom is 0.573 e. The van der Waals surface area contributed by atoms with E-state index in [-0.39, 0.29) is 12.1 Å². The van der Waals surface area contributed by atoms with Gasteiger partial charge in [0, 0.05) is 12.1 Å². The number of ether oxygens (including phenoxy) is 1. The molecule has 0 bridgehead atoms. The van der Waals surface area contributed by atoms with Gasteiger partial charge in [-0.15, -0.1) is 13.2 Å². The Bertz CT molecular complexity index is 1060. The number of para-hydroxylation sites is 1. The molecule has 1 spiro atoms. The van der Waals surface area contributed by atoms with E-state index in [0.717, 1.165) is 22.1 Å². The van der Waals surface area contributed by atoms with Crippen LogP contribution in [-0.4, -0.2) is 35.7 Å². The minimum Gasteiger partial charge on any atom is -0.405 e. The molecule has 1 aliphatic carbocycles. The third kappa shape index (κ3) is 3.92. The van der Waals surface area contributed by atoms with Gasteiger partial charge >= 0.3 is 12.4 Å². The minimum absolute atomic E-state index is 0.103. The molecule has 2 aromatic carbocycles. The van der Waals surface area contributed by atoms with Gasteiger partial charge in [-0.25, -0.2) is 4.79 Å². The highest BCUT2D eigenvalue weighted by atomic mass is 19.4. The van der Waals surface area contributed by atoms with E-state index in [2.05, 4.69) is 15.4 Å². The van der Waals surface area contributed by atoms with Crippen molar-refractivity contribution in [3.05, 3.63) is 65.2 Å². The predicted molar refractivity (Wildman–Crippen MR) is 102 cm³/mol. The van der Waals surface area contributed by atoms with Crippen molar-refractivity contribution >= 4 is 17.8 Å². The van der Waals surface area contributed by atoms with Gasteiger partial charge in [0.25, 0.3) is 5.91 Å². The van der Waals surface area contributed by atoms with Crippen molar-refractivity contribution in [2.45, 2.75) is 31.3 Å². The van der Waals surface area contributed by atoms with Crippen LogP contribution in [-0.2, 0) is 28.1 Å². The van der Waals surface area contributed by atoms with E-state index < -0.39 is 42.0 Å². The van der Waals surface area contributed by atoms with Crippen molar-refractivity contribution in [3.63, 3.8) is 0 Å². The number of aryl methyl sites for hydroxylation is 1. The summed E-state index contributed by atoms with van der Waals surface area (Å²) >= 11 is 0. The first kappa shape index (κ1) is 20.7. The number of carbonyl (C=O) groups excluding carboxylic acids is 3. The lowest BCUT2D eigenvalue weighted by atomic mass is 9.92. The van der Waals surface area contributed by atoms with Gasteiger partial charge in [0.15, 0.2) is 0 Å². The SMILES string of the molecule is O=C(CN1C(=O)NC2(CCc3ccccc32)C1=O)NCc1ccccc1OC(F)(F)F. The Morgan fingerprint density at radius 3 is 2.61 bits per heavy atom. The number of rotatable bonds is 5. The third-order valence-electron chi connectivity index (χ3n) is 5.40. The largest absolute Gasteiger partial charge is 0.573 e. The molecule has 0 aromatic heterocycles. The summed E-state index contributed by atoms with van der Waals surface area (Å²) in [6.07, 6.45) is -3.85. The zero-order chi connectivity index (χ0) is 22.2. The van der Waals surface area contributed by atoms with Crippen molar-refractivity contribution in [1.82, 2.24) is 15.5 Å². The molecule has 1 saturated heterocycles. The highest BCUT2D eigenvalue weighted by molar-refractivity contribution is 6.09. The monoisotopic (exact) mass is 433 g/mol. The fourth-order valence-corrected chi connectivity index (χ4v) is 4.00. The van der Waals surface area contributed by atoms with Crippen LogP contribution in [0, 0.1) is 0 Å². The van der Waals surface area contributed by atoms with Gasteiger partial charge in [-0.1, -0.05) is 42.5 Å². The van der Waals surface area contributed by atoms with Crippen molar-refractivity contribution < 1.29 is 32.3 Å². The lowest BCUT2D eigenvalue weighted by Gasteiger charge is -2.22. The van der Waals surface area contributed by atoms with E-state index in [1.807, 2.05) is 12.1 Å². The van der Waals surface area contributed by atoms with Crippen LogP contribution >= 0.6 is 0 Å². The van der Waals surface area contributed by atoms with Crippen molar-refractivity contribution in [1.29, 1.82) is 0 Å². The molecule has 2 aromatic rings. The molecule has 4 amide bonds. The van der Waals surface area contributed by atoms with Crippen LogP contribution in [0.3, 0.4) is 0 Å². The Balaban J connectivity index is 1.43. The normalized spacial score (nSPS) is 20.0. The maximum absolute atomic E-state index is 13.0. The Morgan fingerprint density at radius 1 is 1.13 bits per heavy atom. The van der Waals surface area contributed by atoms with E-state index >= 15 is 0 Å². The van der Waals surface area contributed by atoms with Gasteiger partial charge in [-0.05, 0) is 30.0 Å². The van der Waals surface area contributed by atoms with E-state index in [0.29, 0.717) is 12.8 Å². The number of alkyl halides is 3. The second kappa shape index (κ2) is 7.60. The molecule has 2 N–H and O–H groups in total. The Labute approximate surface area is 175 Å². The fraction of sp³-hybridized carbons (Fsp3) is 0.286. The quantitative estimate of drug-likeness (QED) is 0.710. The topological polar surface area (TPSA) is 87.7 Å². The summed E-state index contributed by atoms with van der Waals surface area (Å²) in [5.41, 5.74) is 0.603. The summed E-state index contributed by atoms with van der Waals surface area (Å²) in [6.45, 7) is -0.806. The number of nitrogens with one attached hydrogen (secondary N) is 2. The van der Waals surface area contributed by atoms with Crippen LogP contribution in [0.15, 0.2) is 48.5 Å². The number of urea groups is 1. The average Bonchev–Trinajstić information content (AvgIpc) is 3.20. The maximum atomic E-state index is 13.0. The fourth-order valence-electron chi connectivity index (χ4n) is 4.00. The van der Waals surface area contributed by atoms with E-state index in [4.69, 9.17) is 0 Å². The summed E-state index contributed by atoms with van der Waals surface area (Å²) in [5, 5.41) is 5.14. The van der Waals surface area contributed by atoms with Gasteiger partial charge in [0.2, 0.25) is 5.91 Å². The molecule has 1 fully saturated rings. The number of fused-ring (bicyclic) bond motifs is 2. The summed E-state index contributed by atoms with van der Waals surface area (Å²) in [6, 6.07) is 12.0. The molecule has 162 valence electrons. The first-order valence-electron chi connectivity index (χ1n) is 9.52. The van der Waals surface area contributed by atoms with Gasteiger partial charge in [-0.2, -0.15) is 0 Å². The van der Waals surface area contributed by atoms with Crippen LogP contribution in [0.4, 0.5) is 18.0 Å². The number of halogens is 3. The molecule has 0 radical (unpaired) electrons. The number of hydrogen-bond donors (Lipinski definition) is 2. The summed E-state index contributed by atoms with van der Waals surface area (Å²) in [4.78, 5) is 38.7. The van der Waals surface area contributed by atoms with Crippen molar-refractivity contribution in [3.8, 4) is 5.75 Å². The van der Waals surface area contributed by atoms with Gasteiger partial charge in [-0.3, -0.25) is 14.5 Å². The Morgan fingerprint density at radius 2 is 1.84 bits per heavy atom. The second-order valence-corrected chi connectivity index (χ2v) is 7.32. The molecule has 10 heteroatoms. The molecule has 4 rings (SSSR count). The van der Waals surface area contributed by atoms with E-state index in [1.165, 1.54) is 18.2 Å². The van der Waals surface area contributed by atoms with Crippen LogP contribution in [0.2, 0.25) is 0 Å². The summed E-state index contributed by atoms with van der Waals surface area (Å²) < 4.78 is 41.5. The average molecular weight is 433 g/mol. The molecule has 0 saturated carbocycles. The van der Waals surface area contributed by atoms with Crippen LogP contribution in [0.1, 0.15) is 23.1 Å². The van der Waals surface area contributed by atoms with Crippen LogP contribution < -0.4 is 15.4 Å². The van der Waals surface area contributed by atoms with Gasteiger partial charge in [0.05, 0.1) is 0 Å². The molecule has 31 heavy (non-hydrogen) atoms. The zero-order valence-electron chi connectivity index (χ0n) is 16.2. The molecular formula is C21H18F3N3O4. The second-order valence-electron chi connectivity index (χ2n) is 7.32. The lowest BCUT2D eigenvalue weighted by molar-refractivity contribution is -0.274. The van der Waals surface area contributed by atoms with Crippen molar-refractivity contribution in [2.75, 3.05) is 6.54 Å².